The molecule has 0 spiro atoms. The van der Waals surface area contributed by atoms with Gasteiger partial charge in [0.25, 0.3) is 0 Å². The Hall–Kier alpha value is -2.73. The molecule has 0 bridgehead atoms. The zero-order valence-electron chi connectivity index (χ0n) is 16.0. The van der Waals surface area contributed by atoms with Crippen LogP contribution in [0.5, 0.6) is 5.75 Å². The first-order valence-electron chi connectivity index (χ1n) is 9.22. The highest BCUT2D eigenvalue weighted by Crippen LogP contribution is 2.29. The van der Waals surface area contributed by atoms with Gasteiger partial charge in [-0.25, -0.2) is 8.42 Å². The van der Waals surface area contributed by atoms with E-state index in [1.54, 1.807) is 18.3 Å². The van der Waals surface area contributed by atoms with Crippen molar-refractivity contribution in [1.82, 2.24) is 4.98 Å². The fourth-order valence-electron chi connectivity index (χ4n) is 3.07. The van der Waals surface area contributed by atoms with Gasteiger partial charge in [-0.2, -0.15) is 0 Å². The summed E-state index contributed by atoms with van der Waals surface area (Å²) >= 11 is 0. The van der Waals surface area contributed by atoms with Crippen LogP contribution in [0.15, 0.2) is 59.6 Å². The van der Waals surface area contributed by atoms with Gasteiger partial charge in [0.2, 0.25) is 0 Å². The van der Waals surface area contributed by atoms with Crippen LogP contribution in [0.1, 0.15) is 42.1 Å². The van der Waals surface area contributed by atoms with Crippen LogP contribution in [0.4, 0.5) is 0 Å². The number of rotatable bonds is 8. The van der Waals surface area contributed by atoms with Crippen molar-refractivity contribution >= 4 is 26.5 Å². The first-order chi connectivity index (χ1) is 13.4. The molecule has 0 aliphatic heterocycles. The van der Waals surface area contributed by atoms with Gasteiger partial charge in [0.05, 0.1) is 18.4 Å². The molecular weight excluding hydrogens is 374 g/mol. The van der Waals surface area contributed by atoms with Crippen molar-refractivity contribution in [1.29, 1.82) is 0 Å². The highest BCUT2D eigenvalue weighted by atomic mass is 32.2. The Morgan fingerprint density at radius 2 is 1.89 bits per heavy atom. The number of carbonyl (C=O) groups is 1. The van der Waals surface area contributed by atoms with Crippen LogP contribution in [-0.2, 0) is 15.6 Å². The van der Waals surface area contributed by atoms with Gasteiger partial charge in [-0.15, -0.1) is 0 Å². The number of ether oxygens (including phenoxy) is 1. The Kier molecular flexibility index (Phi) is 6.09. The number of methoxy groups -OCH3 is 1. The minimum atomic E-state index is -3.72. The molecule has 0 unspecified atom stereocenters. The number of benzene rings is 2. The zero-order chi connectivity index (χ0) is 20.1. The third kappa shape index (κ3) is 4.39. The number of ketones is 1. The maximum atomic E-state index is 13.1. The number of fused-ring (bicyclic) bond motifs is 1. The monoisotopic (exact) mass is 397 g/mol. The second-order valence-corrected chi connectivity index (χ2v) is 8.65. The van der Waals surface area contributed by atoms with Gasteiger partial charge in [-0.1, -0.05) is 31.5 Å². The van der Waals surface area contributed by atoms with E-state index in [0.29, 0.717) is 17.5 Å². The van der Waals surface area contributed by atoms with Crippen molar-refractivity contribution in [3.8, 4) is 5.75 Å². The molecule has 6 heteroatoms. The topological polar surface area (TPSA) is 73.3 Å². The molecule has 0 N–H and O–H groups in total. The van der Waals surface area contributed by atoms with E-state index in [1.165, 1.54) is 13.2 Å². The number of pyridine rings is 1. The lowest BCUT2D eigenvalue weighted by atomic mass is 10.1. The summed E-state index contributed by atoms with van der Waals surface area (Å²) in [6.07, 6.45) is 3.65. The van der Waals surface area contributed by atoms with Gasteiger partial charge in [-0.05, 0) is 42.3 Å². The van der Waals surface area contributed by atoms with Gasteiger partial charge < -0.3 is 4.74 Å². The predicted molar refractivity (Wildman–Crippen MR) is 109 cm³/mol. The van der Waals surface area contributed by atoms with Crippen LogP contribution in [0.25, 0.3) is 10.9 Å². The molecule has 0 aliphatic rings. The summed E-state index contributed by atoms with van der Waals surface area (Å²) in [6.45, 7) is 2.01. The largest absolute Gasteiger partial charge is 0.495 e. The number of sulfone groups is 1. The normalized spacial score (nSPS) is 11.5. The quantitative estimate of drug-likeness (QED) is 0.520. The molecule has 0 fully saturated rings. The Morgan fingerprint density at radius 1 is 1.11 bits per heavy atom. The van der Waals surface area contributed by atoms with Gasteiger partial charge in [0.15, 0.2) is 15.6 Å². The molecule has 28 heavy (non-hydrogen) atoms. The summed E-state index contributed by atoms with van der Waals surface area (Å²) in [6, 6.07) is 14.0. The van der Waals surface area contributed by atoms with Crippen molar-refractivity contribution in [2.24, 2.45) is 0 Å². The minimum Gasteiger partial charge on any atom is -0.495 e. The number of carbonyl (C=O) groups excluding carboxylic acids is 1. The summed E-state index contributed by atoms with van der Waals surface area (Å²) < 4.78 is 31.4. The molecule has 0 aliphatic carbocycles. The number of hydrogen-bond donors (Lipinski definition) is 0. The van der Waals surface area contributed by atoms with Gasteiger partial charge in [0.1, 0.15) is 10.6 Å². The summed E-state index contributed by atoms with van der Waals surface area (Å²) in [5, 5.41) is 0.880. The summed E-state index contributed by atoms with van der Waals surface area (Å²) in [7, 11) is -2.30. The van der Waals surface area contributed by atoms with Crippen LogP contribution in [0.3, 0.4) is 0 Å². The van der Waals surface area contributed by atoms with Crippen molar-refractivity contribution in [2.75, 3.05) is 7.11 Å². The zero-order valence-corrected chi connectivity index (χ0v) is 16.8. The van der Waals surface area contributed by atoms with E-state index in [9.17, 15) is 13.2 Å². The number of nitrogens with zero attached hydrogens (tertiary/aromatic N) is 1. The summed E-state index contributed by atoms with van der Waals surface area (Å²) in [5.41, 5.74) is 1.79. The van der Waals surface area contributed by atoms with E-state index >= 15 is 0 Å². The van der Waals surface area contributed by atoms with Crippen molar-refractivity contribution < 1.29 is 17.9 Å². The van der Waals surface area contributed by atoms with Crippen LogP contribution >= 0.6 is 0 Å². The van der Waals surface area contributed by atoms with Crippen LogP contribution in [0, 0.1) is 0 Å². The molecule has 3 aromatic rings. The van der Waals surface area contributed by atoms with E-state index in [2.05, 4.69) is 4.98 Å². The first kappa shape index (κ1) is 20.0. The Bertz CT molecular complexity index is 1110. The van der Waals surface area contributed by atoms with Crippen molar-refractivity contribution in [2.45, 2.75) is 36.8 Å². The maximum Gasteiger partial charge on any atom is 0.186 e. The van der Waals surface area contributed by atoms with Gasteiger partial charge in [0, 0.05) is 23.6 Å². The number of unbranched alkanes of at least 4 members (excludes halogenated alkanes) is 1. The second kappa shape index (κ2) is 8.52. The standard InChI is InChI=1S/C22H23NO4S/c1-3-4-9-20(24)18-10-11-21(27-2)22(13-18)28(25,26)15-16-12-17-7-5-6-8-19(17)23-14-16/h5-8,10-14H,3-4,9,15H2,1-2H3. The van der Waals surface area contributed by atoms with Crippen LogP contribution in [-0.4, -0.2) is 26.3 Å². The van der Waals surface area contributed by atoms with Crippen LogP contribution < -0.4 is 4.74 Å². The third-order valence-electron chi connectivity index (χ3n) is 4.58. The highest BCUT2D eigenvalue weighted by Gasteiger charge is 2.22. The van der Waals surface area contributed by atoms with Crippen LogP contribution in [0.2, 0.25) is 0 Å². The molecule has 0 amide bonds. The van der Waals surface area contributed by atoms with Crippen molar-refractivity contribution in [3.05, 3.63) is 65.9 Å². The number of hydrogen-bond acceptors (Lipinski definition) is 5. The molecule has 2 aromatic carbocycles. The Balaban J connectivity index is 1.95. The molecule has 0 saturated heterocycles. The number of para-hydroxylation sites is 1. The fraction of sp³-hybridized carbons (Fsp3) is 0.273. The molecule has 3 rings (SSSR count). The summed E-state index contributed by atoms with van der Waals surface area (Å²) in [4.78, 5) is 16.7. The highest BCUT2D eigenvalue weighted by molar-refractivity contribution is 7.90. The molecule has 1 heterocycles. The van der Waals surface area contributed by atoms with E-state index in [-0.39, 0.29) is 22.2 Å². The lowest BCUT2D eigenvalue weighted by Crippen LogP contribution is -2.09. The number of Topliss-reactive ketones (excluding diaryl/α,β-unsaturated/α-hetero) is 1. The van der Waals surface area contributed by atoms with Crippen molar-refractivity contribution in [3.63, 3.8) is 0 Å². The number of aromatic nitrogens is 1. The smallest absolute Gasteiger partial charge is 0.186 e. The molecule has 5 nitrogen and oxygen atoms in total. The van der Waals surface area contributed by atoms with E-state index in [1.807, 2.05) is 37.3 Å². The maximum absolute atomic E-state index is 13.1. The molecule has 146 valence electrons. The Morgan fingerprint density at radius 3 is 2.64 bits per heavy atom. The average molecular weight is 397 g/mol. The average Bonchev–Trinajstić information content (AvgIpc) is 2.71. The summed E-state index contributed by atoms with van der Waals surface area (Å²) in [5.74, 6) is -0.0394. The van der Waals surface area contributed by atoms with Gasteiger partial charge in [-0.3, -0.25) is 9.78 Å². The predicted octanol–water partition coefficient (Wildman–Crippen LogP) is 4.59. The van der Waals surface area contributed by atoms with E-state index in [0.717, 1.165) is 23.7 Å². The molecule has 0 radical (unpaired) electrons. The Labute approximate surface area is 165 Å². The fourth-order valence-corrected chi connectivity index (χ4v) is 4.58. The van der Waals surface area contributed by atoms with Gasteiger partial charge >= 0.3 is 0 Å². The lowest BCUT2D eigenvalue weighted by Gasteiger charge is -2.12. The molecule has 1 aromatic heterocycles. The first-order valence-corrected chi connectivity index (χ1v) is 10.9. The molecule has 0 saturated carbocycles. The van der Waals surface area contributed by atoms with E-state index < -0.39 is 9.84 Å². The third-order valence-corrected chi connectivity index (χ3v) is 6.28. The minimum absolute atomic E-state index is 0.0329. The lowest BCUT2D eigenvalue weighted by molar-refractivity contribution is 0.0979. The second-order valence-electron chi connectivity index (χ2n) is 6.69. The SMILES string of the molecule is CCCCC(=O)c1ccc(OC)c(S(=O)(=O)Cc2cnc3ccccc3c2)c1. The molecular formula is C22H23NO4S. The van der Waals surface area contributed by atoms with E-state index in [4.69, 9.17) is 4.74 Å². The molecule has 0 atom stereocenters.